The summed E-state index contributed by atoms with van der Waals surface area (Å²) in [6.45, 7) is 2.15. The molecule has 1 aromatic rings. The first-order valence-corrected chi connectivity index (χ1v) is 6.24. The number of anilines is 1. The van der Waals surface area contributed by atoms with Crippen molar-refractivity contribution in [2.75, 3.05) is 18.1 Å². The minimum atomic E-state index is 0.732. The zero-order valence-corrected chi connectivity index (χ0v) is 10.5. The van der Waals surface area contributed by atoms with Crippen LogP contribution in [0.1, 0.15) is 13.3 Å². The van der Waals surface area contributed by atoms with E-state index in [0.717, 1.165) is 28.1 Å². The lowest BCUT2D eigenvalue weighted by molar-refractivity contribution is 1.11. The number of aliphatic imine (C=N–C) groups is 1. The zero-order chi connectivity index (χ0) is 11.1. The highest BCUT2D eigenvalue weighted by Crippen LogP contribution is 2.17. The zero-order valence-electron chi connectivity index (χ0n) is 8.96. The van der Waals surface area contributed by atoms with Crippen molar-refractivity contribution in [3.05, 3.63) is 29.3 Å². The SMILES string of the molecule is CCCSC(=NC)Nc1cccc(Cl)c1. The van der Waals surface area contributed by atoms with E-state index in [1.54, 1.807) is 18.8 Å². The Morgan fingerprint density at radius 2 is 2.33 bits per heavy atom. The molecule has 82 valence electrons. The van der Waals surface area contributed by atoms with Gasteiger partial charge in [0.25, 0.3) is 0 Å². The van der Waals surface area contributed by atoms with Crippen LogP contribution in [0.15, 0.2) is 29.3 Å². The molecule has 0 atom stereocenters. The van der Waals surface area contributed by atoms with E-state index < -0.39 is 0 Å². The summed E-state index contributed by atoms with van der Waals surface area (Å²) < 4.78 is 0. The molecule has 0 fully saturated rings. The summed E-state index contributed by atoms with van der Waals surface area (Å²) in [6.07, 6.45) is 1.14. The third-order valence-corrected chi connectivity index (χ3v) is 3.13. The van der Waals surface area contributed by atoms with Crippen molar-refractivity contribution in [2.24, 2.45) is 4.99 Å². The Bertz CT molecular complexity index is 339. The summed E-state index contributed by atoms with van der Waals surface area (Å²) in [6, 6.07) is 7.64. The van der Waals surface area contributed by atoms with Crippen molar-refractivity contribution >= 4 is 34.2 Å². The summed E-state index contributed by atoms with van der Waals surface area (Å²) >= 11 is 7.61. The molecule has 0 bridgehead atoms. The van der Waals surface area contributed by atoms with E-state index >= 15 is 0 Å². The lowest BCUT2D eigenvalue weighted by Crippen LogP contribution is -2.08. The van der Waals surface area contributed by atoms with Crippen LogP contribution < -0.4 is 5.32 Å². The number of benzene rings is 1. The number of hydrogen-bond donors (Lipinski definition) is 1. The third kappa shape index (κ3) is 4.58. The maximum Gasteiger partial charge on any atom is 0.160 e. The van der Waals surface area contributed by atoms with Gasteiger partial charge >= 0.3 is 0 Å². The summed E-state index contributed by atoms with van der Waals surface area (Å²) in [5.41, 5.74) is 0.978. The highest BCUT2D eigenvalue weighted by atomic mass is 35.5. The second-order valence-corrected chi connectivity index (χ2v) is 4.53. The standard InChI is InChI=1S/C11H15ClN2S/c1-3-7-15-11(13-2)14-10-6-4-5-9(12)8-10/h4-6,8H,3,7H2,1-2H3,(H,13,14). The number of thioether (sulfide) groups is 1. The molecule has 0 radical (unpaired) electrons. The van der Waals surface area contributed by atoms with Crippen molar-refractivity contribution in [3.8, 4) is 0 Å². The van der Waals surface area contributed by atoms with Gasteiger partial charge in [-0.25, -0.2) is 0 Å². The molecular formula is C11H15ClN2S. The molecule has 0 unspecified atom stereocenters. The van der Waals surface area contributed by atoms with Gasteiger partial charge in [0, 0.05) is 23.5 Å². The number of amidine groups is 1. The summed E-state index contributed by atoms with van der Waals surface area (Å²) in [5, 5.41) is 4.89. The van der Waals surface area contributed by atoms with Gasteiger partial charge in [0.05, 0.1) is 0 Å². The molecule has 2 nitrogen and oxygen atoms in total. The third-order valence-electron chi connectivity index (χ3n) is 1.72. The van der Waals surface area contributed by atoms with Crippen molar-refractivity contribution in [3.63, 3.8) is 0 Å². The molecule has 1 aromatic carbocycles. The van der Waals surface area contributed by atoms with Gasteiger partial charge < -0.3 is 5.32 Å². The fourth-order valence-corrected chi connectivity index (χ4v) is 1.95. The molecule has 0 aliphatic rings. The Morgan fingerprint density at radius 1 is 1.53 bits per heavy atom. The molecule has 15 heavy (non-hydrogen) atoms. The van der Waals surface area contributed by atoms with E-state index in [9.17, 15) is 0 Å². The van der Waals surface area contributed by atoms with E-state index in [1.165, 1.54) is 0 Å². The molecule has 0 heterocycles. The van der Waals surface area contributed by atoms with Crippen LogP contribution in [-0.4, -0.2) is 18.0 Å². The Labute approximate surface area is 100 Å². The maximum atomic E-state index is 5.89. The van der Waals surface area contributed by atoms with Gasteiger partial charge in [0.2, 0.25) is 0 Å². The Kier molecular flexibility index (Phi) is 5.58. The number of nitrogens with zero attached hydrogens (tertiary/aromatic N) is 1. The average molecular weight is 243 g/mol. The van der Waals surface area contributed by atoms with Gasteiger partial charge in [-0.2, -0.15) is 0 Å². The van der Waals surface area contributed by atoms with Gasteiger partial charge in [-0.1, -0.05) is 36.4 Å². The van der Waals surface area contributed by atoms with Gasteiger partial charge in [-0.3, -0.25) is 4.99 Å². The Balaban J connectivity index is 2.59. The largest absolute Gasteiger partial charge is 0.335 e. The molecule has 0 aromatic heterocycles. The minimum Gasteiger partial charge on any atom is -0.335 e. The molecule has 1 N–H and O–H groups in total. The maximum absolute atomic E-state index is 5.89. The van der Waals surface area contributed by atoms with Crippen LogP contribution in [0.3, 0.4) is 0 Å². The fourth-order valence-electron chi connectivity index (χ4n) is 1.04. The van der Waals surface area contributed by atoms with Crippen LogP contribution in [0.25, 0.3) is 0 Å². The van der Waals surface area contributed by atoms with Crippen LogP contribution in [0.2, 0.25) is 5.02 Å². The number of rotatable bonds is 3. The second-order valence-electron chi connectivity index (χ2n) is 3.01. The molecule has 1 rings (SSSR count). The van der Waals surface area contributed by atoms with E-state index in [0.29, 0.717) is 0 Å². The minimum absolute atomic E-state index is 0.732. The normalized spacial score (nSPS) is 11.5. The Morgan fingerprint density at radius 3 is 2.93 bits per heavy atom. The predicted molar refractivity (Wildman–Crippen MR) is 71.2 cm³/mol. The van der Waals surface area contributed by atoms with Crippen LogP contribution in [-0.2, 0) is 0 Å². The van der Waals surface area contributed by atoms with Gasteiger partial charge in [-0.05, 0) is 24.6 Å². The van der Waals surface area contributed by atoms with E-state index in [-0.39, 0.29) is 0 Å². The summed E-state index contributed by atoms with van der Waals surface area (Å²) in [4.78, 5) is 4.18. The monoisotopic (exact) mass is 242 g/mol. The van der Waals surface area contributed by atoms with Gasteiger partial charge in [-0.15, -0.1) is 0 Å². The topological polar surface area (TPSA) is 24.4 Å². The lowest BCUT2D eigenvalue weighted by atomic mass is 10.3. The highest BCUT2D eigenvalue weighted by Gasteiger charge is 1.99. The molecule has 0 spiro atoms. The second kappa shape index (κ2) is 6.75. The average Bonchev–Trinajstić information content (AvgIpc) is 2.24. The van der Waals surface area contributed by atoms with E-state index in [2.05, 4.69) is 17.2 Å². The first-order chi connectivity index (χ1) is 7.26. The first kappa shape index (κ1) is 12.4. The van der Waals surface area contributed by atoms with Crippen LogP contribution in [0.5, 0.6) is 0 Å². The number of halogens is 1. The number of hydrogen-bond acceptors (Lipinski definition) is 2. The van der Waals surface area contributed by atoms with Crippen molar-refractivity contribution in [1.82, 2.24) is 0 Å². The molecular weight excluding hydrogens is 228 g/mol. The molecule has 0 aliphatic heterocycles. The van der Waals surface area contributed by atoms with Crippen LogP contribution in [0, 0.1) is 0 Å². The first-order valence-electron chi connectivity index (χ1n) is 4.88. The van der Waals surface area contributed by atoms with Crippen LogP contribution in [0.4, 0.5) is 5.69 Å². The quantitative estimate of drug-likeness (QED) is 0.643. The molecule has 0 saturated carbocycles. The van der Waals surface area contributed by atoms with Gasteiger partial charge in [0.1, 0.15) is 0 Å². The fraction of sp³-hybridized carbons (Fsp3) is 0.364. The highest BCUT2D eigenvalue weighted by molar-refractivity contribution is 8.14. The van der Waals surface area contributed by atoms with Gasteiger partial charge in [0.15, 0.2) is 5.17 Å². The predicted octanol–water partition coefficient (Wildman–Crippen LogP) is 3.88. The van der Waals surface area contributed by atoms with Crippen molar-refractivity contribution in [2.45, 2.75) is 13.3 Å². The van der Waals surface area contributed by atoms with E-state index in [4.69, 9.17) is 11.6 Å². The summed E-state index contributed by atoms with van der Waals surface area (Å²) in [7, 11) is 1.79. The molecule has 0 aliphatic carbocycles. The van der Waals surface area contributed by atoms with Crippen molar-refractivity contribution in [1.29, 1.82) is 0 Å². The molecule has 4 heteroatoms. The smallest absolute Gasteiger partial charge is 0.160 e. The Hall–Kier alpha value is -0.670. The van der Waals surface area contributed by atoms with Crippen molar-refractivity contribution < 1.29 is 0 Å². The number of nitrogens with one attached hydrogen (secondary N) is 1. The van der Waals surface area contributed by atoms with E-state index in [1.807, 2.05) is 24.3 Å². The molecule has 0 saturated heterocycles. The lowest BCUT2D eigenvalue weighted by Gasteiger charge is -2.08. The molecule has 0 amide bonds. The van der Waals surface area contributed by atoms with Crippen LogP contribution >= 0.6 is 23.4 Å². The summed E-state index contributed by atoms with van der Waals surface area (Å²) in [5.74, 6) is 1.07.